The fourth-order valence-electron chi connectivity index (χ4n) is 4.45. The number of amides is 2. The number of benzene rings is 1. The molecule has 1 aromatic carbocycles. The van der Waals surface area contributed by atoms with E-state index in [0.29, 0.717) is 6.42 Å². The topological polar surface area (TPSA) is 43.9 Å². The van der Waals surface area contributed by atoms with Crippen molar-refractivity contribution in [1.29, 1.82) is 0 Å². The van der Waals surface area contributed by atoms with Crippen LogP contribution in [-0.4, -0.2) is 53.4 Å². The van der Waals surface area contributed by atoms with Gasteiger partial charge in [0, 0.05) is 26.3 Å². The van der Waals surface area contributed by atoms with E-state index < -0.39 is 5.41 Å². The minimum absolute atomic E-state index is 0.0783. The Morgan fingerprint density at radius 1 is 1.13 bits per heavy atom. The van der Waals surface area contributed by atoms with Gasteiger partial charge in [-0.25, -0.2) is 0 Å². The van der Waals surface area contributed by atoms with Crippen molar-refractivity contribution in [3.8, 4) is 0 Å². The van der Waals surface area contributed by atoms with Crippen molar-refractivity contribution >= 4 is 34.8 Å². The van der Waals surface area contributed by atoms with Gasteiger partial charge in [0.05, 0.1) is 6.04 Å². The van der Waals surface area contributed by atoms with Crippen LogP contribution in [0.2, 0.25) is 0 Å². The first-order chi connectivity index (χ1) is 11.0. The van der Waals surface area contributed by atoms with Crippen LogP contribution >= 0.6 is 12.2 Å². The maximum Gasteiger partial charge on any atom is 0.246 e. The Kier molecular flexibility index (Phi) is 3.04. The van der Waals surface area contributed by atoms with E-state index in [2.05, 4.69) is 11.0 Å². The van der Waals surface area contributed by atoms with Crippen LogP contribution in [-0.2, 0) is 16.0 Å². The summed E-state index contributed by atoms with van der Waals surface area (Å²) in [4.78, 5) is 31.6. The normalized spacial score (nSPS) is 25.9. The van der Waals surface area contributed by atoms with Gasteiger partial charge in [0.15, 0.2) is 10.5 Å². The fraction of sp³-hybridized carbons (Fsp3) is 0.471. The van der Waals surface area contributed by atoms with Crippen molar-refractivity contribution in [2.24, 2.45) is 5.41 Å². The molecule has 2 amide bonds. The van der Waals surface area contributed by atoms with E-state index in [1.807, 2.05) is 18.2 Å². The average molecular weight is 329 g/mol. The van der Waals surface area contributed by atoms with Gasteiger partial charge in [0.1, 0.15) is 0 Å². The molecular formula is C17H19N3O2S. The first-order valence-electron chi connectivity index (χ1n) is 7.93. The summed E-state index contributed by atoms with van der Waals surface area (Å²) in [6.45, 7) is 0.891. The summed E-state index contributed by atoms with van der Waals surface area (Å²) in [5.74, 6) is -0.311. The third kappa shape index (κ3) is 1.70. The Hall–Kier alpha value is -1.95. The van der Waals surface area contributed by atoms with E-state index in [9.17, 15) is 9.59 Å². The monoisotopic (exact) mass is 329 g/mol. The Morgan fingerprint density at radius 3 is 2.48 bits per heavy atom. The molecule has 3 heterocycles. The summed E-state index contributed by atoms with van der Waals surface area (Å²) in [5, 5.41) is 0.286. The lowest BCUT2D eigenvalue weighted by molar-refractivity contribution is -0.156. The second kappa shape index (κ2) is 4.77. The Bertz CT molecular complexity index is 708. The Morgan fingerprint density at radius 2 is 1.78 bits per heavy atom. The lowest BCUT2D eigenvalue weighted by atomic mass is 9.68. The minimum atomic E-state index is -1.04. The maximum atomic E-state index is 13.2. The Balaban J connectivity index is 1.92. The third-order valence-corrected chi connectivity index (χ3v) is 6.09. The molecule has 3 aliphatic heterocycles. The predicted octanol–water partition coefficient (Wildman–Crippen LogP) is 1.41. The molecule has 3 aliphatic rings. The van der Waals surface area contributed by atoms with Crippen molar-refractivity contribution in [3.63, 3.8) is 0 Å². The van der Waals surface area contributed by atoms with E-state index in [1.54, 1.807) is 14.1 Å². The zero-order valence-electron chi connectivity index (χ0n) is 13.3. The highest BCUT2D eigenvalue weighted by Gasteiger charge is 2.62. The van der Waals surface area contributed by atoms with E-state index in [1.165, 1.54) is 15.5 Å². The van der Waals surface area contributed by atoms with Crippen molar-refractivity contribution in [3.05, 3.63) is 29.8 Å². The molecule has 6 heteroatoms. The number of thiocarbonyl (C=S) groups is 1. The smallest absolute Gasteiger partial charge is 0.246 e. The molecule has 1 aromatic rings. The molecule has 120 valence electrons. The molecule has 0 radical (unpaired) electrons. The van der Waals surface area contributed by atoms with Crippen molar-refractivity contribution in [2.45, 2.75) is 25.3 Å². The number of para-hydroxylation sites is 1. The van der Waals surface area contributed by atoms with Gasteiger partial charge in [0.2, 0.25) is 11.8 Å². The molecule has 0 aromatic heterocycles. The minimum Gasteiger partial charge on any atom is -0.367 e. The number of rotatable bonds is 0. The molecule has 1 atom stereocenters. The summed E-state index contributed by atoms with van der Waals surface area (Å²) >= 11 is 5.25. The van der Waals surface area contributed by atoms with Crippen LogP contribution < -0.4 is 4.90 Å². The van der Waals surface area contributed by atoms with Crippen LogP contribution in [0.1, 0.15) is 18.4 Å². The predicted molar refractivity (Wildman–Crippen MR) is 91.1 cm³/mol. The first-order valence-corrected chi connectivity index (χ1v) is 8.34. The third-order valence-electron chi connectivity index (χ3n) is 5.54. The molecule has 0 saturated carbocycles. The van der Waals surface area contributed by atoms with E-state index in [-0.39, 0.29) is 23.0 Å². The SMILES string of the molecule is CN1C(=O)C2(Cc3ccccc3N3CCCC32)C(=O)N(C)C1=S. The molecule has 0 bridgehead atoms. The van der Waals surface area contributed by atoms with E-state index in [0.717, 1.165) is 24.9 Å². The van der Waals surface area contributed by atoms with Crippen molar-refractivity contribution in [1.82, 2.24) is 9.80 Å². The zero-order chi connectivity index (χ0) is 16.4. The summed E-state index contributed by atoms with van der Waals surface area (Å²) < 4.78 is 0. The molecule has 1 unspecified atom stereocenters. The highest BCUT2D eigenvalue weighted by molar-refractivity contribution is 7.80. The van der Waals surface area contributed by atoms with Crippen LogP contribution in [0.25, 0.3) is 0 Å². The van der Waals surface area contributed by atoms with Gasteiger partial charge in [-0.05, 0) is 43.1 Å². The number of carbonyl (C=O) groups excluding carboxylic acids is 2. The van der Waals surface area contributed by atoms with Crippen LogP contribution in [0.4, 0.5) is 5.69 Å². The highest BCUT2D eigenvalue weighted by atomic mass is 32.1. The van der Waals surface area contributed by atoms with Crippen LogP contribution in [0, 0.1) is 5.41 Å². The number of hydrogen-bond acceptors (Lipinski definition) is 4. The van der Waals surface area contributed by atoms with Crippen molar-refractivity contribution in [2.75, 3.05) is 25.5 Å². The highest BCUT2D eigenvalue weighted by Crippen LogP contribution is 2.49. The molecule has 2 saturated heterocycles. The van der Waals surface area contributed by atoms with Gasteiger partial charge in [-0.1, -0.05) is 18.2 Å². The lowest BCUT2D eigenvalue weighted by Crippen LogP contribution is -2.70. The molecule has 0 aliphatic carbocycles. The fourth-order valence-corrected chi connectivity index (χ4v) is 4.62. The van der Waals surface area contributed by atoms with Crippen LogP contribution in [0.5, 0.6) is 0 Å². The number of carbonyl (C=O) groups is 2. The van der Waals surface area contributed by atoms with E-state index >= 15 is 0 Å². The summed E-state index contributed by atoms with van der Waals surface area (Å²) in [6, 6.07) is 8.03. The quantitative estimate of drug-likeness (QED) is 0.533. The van der Waals surface area contributed by atoms with E-state index in [4.69, 9.17) is 12.2 Å². The summed E-state index contributed by atoms with van der Waals surface area (Å²) in [5.41, 5.74) is 1.19. The first kappa shape index (κ1) is 14.6. The zero-order valence-corrected chi connectivity index (χ0v) is 14.1. The number of fused-ring (bicyclic) bond motifs is 4. The van der Waals surface area contributed by atoms with Crippen molar-refractivity contribution < 1.29 is 9.59 Å². The number of hydrogen-bond donors (Lipinski definition) is 0. The van der Waals surface area contributed by atoms with Crippen LogP contribution in [0.15, 0.2) is 24.3 Å². The maximum absolute atomic E-state index is 13.2. The molecule has 5 nitrogen and oxygen atoms in total. The second-order valence-corrected chi connectivity index (χ2v) is 7.00. The second-order valence-electron chi connectivity index (χ2n) is 6.64. The lowest BCUT2D eigenvalue weighted by Gasteiger charge is -2.51. The Labute approximate surface area is 140 Å². The molecule has 0 N–H and O–H groups in total. The molecule has 2 fully saturated rings. The number of anilines is 1. The van der Waals surface area contributed by atoms with Gasteiger partial charge in [0.25, 0.3) is 0 Å². The van der Waals surface area contributed by atoms with Gasteiger partial charge in [-0.3, -0.25) is 19.4 Å². The largest absolute Gasteiger partial charge is 0.367 e. The van der Waals surface area contributed by atoms with Crippen LogP contribution in [0.3, 0.4) is 0 Å². The number of nitrogens with zero attached hydrogens (tertiary/aromatic N) is 3. The van der Waals surface area contributed by atoms with Gasteiger partial charge < -0.3 is 4.90 Å². The van der Waals surface area contributed by atoms with Gasteiger partial charge in [-0.2, -0.15) is 0 Å². The summed E-state index contributed by atoms with van der Waals surface area (Å²) in [6.07, 6.45) is 2.32. The van der Waals surface area contributed by atoms with Gasteiger partial charge >= 0.3 is 0 Å². The summed E-state index contributed by atoms with van der Waals surface area (Å²) in [7, 11) is 3.35. The molecule has 23 heavy (non-hydrogen) atoms. The average Bonchev–Trinajstić information content (AvgIpc) is 3.07. The molecule has 1 spiro atoms. The van der Waals surface area contributed by atoms with Gasteiger partial charge in [-0.15, -0.1) is 0 Å². The molecule has 4 rings (SSSR count). The molecular weight excluding hydrogens is 310 g/mol. The standard InChI is InChI=1S/C17H19N3O2S/c1-18-14(21)17(15(22)19(2)16(18)23)10-11-6-3-4-7-12(11)20-9-5-8-13(17)20/h3-4,6-7,13H,5,8-10H2,1-2H3.